The van der Waals surface area contributed by atoms with Crippen LogP contribution in [0.5, 0.6) is 0 Å². The topological polar surface area (TPSA) is 56.3 Å². The third kappa shape index (κ3) is 3.76. The number of hydrogen-bond acceptors (Lipinski definition) is 5. The maximum Gasteiger partial charge on any atom is 0.234 e. The summed E-state index contributed by atoms with van der Waals surface area (Å²) in [4.78, 5) is 9.17. The molecule has 29 heavy (non-hydrogen) atoms. The Hall–Kier alpha value is -3.10. The van der Waals surface area contributed by atoms with Crippen LogP contribution in [0.1, 0.15) is 41.0 Å². The summed E-state index contributed by atoms with van der Waals surface area (Å²) in [6, 6.07) is 23.3. The van der Waals surface area contributed by atoms with Gasteiger partial charge in [-0.25, -0.2) is 4.98 Å². The van der Waals surface area contributed by atoms with Crippen molar-refractivity contribution in [3.05, 3.63) is 83.4 Å². The minimum Gasteiger partial charge on any atom is -0.423 e. The average Bonchev–Trinajstić information content (AvgIpc) is 3.47. The van der Waals surface area contributed by atoms with Crippen LogP contribution < -0.4 is 4.90 Å². The van der Waals surface area contributed by atoms with Crippen LogP contribution in [0.25, 0.3) is 0 Å². The molecule has 1 aliphatic heterocycles. The van der Waals surface area contributed by atoms with Gasteiger partial charge in [0.25, 0.3) is 0 Å². The minimum absolute atomic E-state index is 0.289. The number of nitriles is 1. The van der Waals surface area contributed by atoms with Gasteiger partial charge in [-0.15, -0.1) is 0 Å². The zero-order valence-corrected chi connectivity index (χ0v) is 16.4. The van der Waals surface area contributed by atoms with Gasteiger partial charge in [0.2, 0.25) is 17.5 Å². The van der Waals surface area contributed by atoms with Crippen molar-refractivity contribution in [1.29, 1.82) is 5.26 Å². The molecule has 0 radical (unpaired) electrons. The molecule has 5 heteroatoms. The van der Waals surface area contributed by atoms with E-state index in [4.69, 9.17) is 4.42 Å². The van der Waals surface area contributed by atoms with Crippen LogP contribution in [0, 0.1) is 11.3 Å². The third-order valence-electron chi connectivity index (χ3n) is 5.98. The normalized spacial score (nSPS) is 21.7. The number of oxazole rings is 1. The van der Waals surface area contributed by atoms with Crippen LogP contribution in [0.4, 0.5) is 5.88 Å². The van der Waals surface area contributed by atoms with E-state index in [2.05, 4.69) is 75.5 Å². The molecule has 1 aliphatic carbocycles. The smallest absolute Gasteiger partial charge is 0.234 e. The van der Waals surface area contributed by atoms with E-state index in [-0.39, 0.29) is 5.92 Å². The lowest BCUT2D eigenvalue weighted by Gasteiger charge is -2.34. The summed E-state index contributed by atoms with van der Waals surface area (Å²) in [6.07, 6.45) is 1.04. The third-order valence-corrected chi connectivity index (χ3v) is 5.98. The molecule has 0 bridgehead atoms. The summed E-state index contributed by atoms with van der Waals surface area (Å²) in [5.74, 6) is 2.12. The molecule has 2 aliphatic rings. The first-order valence-electron chi connectivity index (χ1n) is 10.3. The van der Waals surface area contributed by atoms with Crippen LogP contribution in [0.15, 0.2) is 65.1 Å². The molecule has 0 unspecified atom stereocenters. The Morgan fingerprint density at radius 1 is 0.931 bits per heavy atom. The van der Waals surface area contributed by atoms with E-state index < -0.39 is 0 Å². The molecule has 3 aromatic rings. The van der Waals surface area contributed by atoms with Gasteiger partial charge in [-0.3, -0.25) is 4.90 Å². The summed E-state index contributed by atoms with van der Waals surface area (Å²) >= 11 is 0. The molecule has 1 saturated heterocycles. The van der Waals surface area contributed by atoms with Crippen molar-refractivity contribution in [2.24, 2.45) is 0 Å². The Balaban J connectivity index is 1.25. The van der Waals surface area contributed by atoms with Crippen LogP contribution in [0.2, 0.25) is 0 Å². The fraction of sp³-hybridized carbons (Fsp3) is 0.333. The predicted molar refractivity (Wildman–Crippen MR) is 112 cm³/mol. The van der Waals surface area contributed by atoms with Crippen molar-refractivity contribution in [2.45, 2.75) is 24.8 Å². The van der Waals surface area contributed by atoms with E-state index in [0.717, 1.165) is 45.0 Å². The second-order valence-corrected chi connectivity index (χ2v) is 7.93. The van der Waals surface area contributed by atoms with Gasteiger partial charge in [-0.2, -0.15) is 5.26 Å². The maximum absolute atomic E-state index is 9.58. The highest BCUT2D eigenvalue weighted by molar-refractivity contribution is 5.49. The molecule has 2 heterocycles. The van der Waals surface area contributed by atoms with Crippen molar-refractivity contribution >= 4 is 5.88 Å². The molecule has 1 saturated carbocycles. The van der Waals surface area contributed by atoms with Crippen LogP contribution in [-0.2, 0) is 6.54 Å². The highest BCUT2D eigenvalue weighted by atomic mass is 16.4. The SMILES string of the molecule is N#Cc1nc([C@H]2C[C@H]2c2ccccc2)oc1N1CCN(Cc2ccccc2)CC1. The quantitative estimate of drug-likeness (QED) is 0.662. The first-order chi connectivity index (χ1) is 14.3. The molecule has 146 valence electrons. The largest absolute Gasteiger partial charge is 0.423 e. The number of nitrogens with zero attached hydrogens (tertiary/aromatic N) is 4. The lowest BCUT2D eigenvalue weighted by atomic mass is 10.1. The minimum atomic E-state index is 0.289. The van der Waals surface area contributed by atoms with E-state index >= 15 is 0 Å². The van der Waals surface area contributed by atoms with Crippen molar-refractivity contribution in [2.75, 3.05) is 31.1 Å². The monoisotopic (exact) mass is 384 g/mol. The van der Waals surface area contributed by atoms with Crippen molar-refractivity contribution in [3.8, 4) is 6.07 Å². The second kappa shape index (κ2) is 7.73. The molecular weight excluding hydrogens is 360 g/mol. The molecule has 0 N–H and O–H groups in total. The molecule has 0 amide bonds. The molecule has 5 nitrogen and oxygen atoms in total. The standard InChI is InChI=1S/C24H24N4O/c25-16-22-24(28-13-11-27(12-14-28)17-18-7-3-1-4-8-18)29-23(26-22)21-15-20(21)19-9-5-2-6-10-19/h1-10,20-21H,11-15,17H2/t20-,21-/m0/s1. The first kappa shape index (κ1) is 18.0. The van der Waals surface area contributed by atoms with E-state index in [9.17, 15) is 5.26 Å². The van der Waals surface area contributed by atoms with Gasteiger partial charge in [0.05, 0.1) is 0 Å². The zero-order chi connectivity index (χ0) is 19.6. The lowest BCUT2D eigenvalue weighted by molar-refractivity contribution is 0.245. The predicted octanol–water partition coefficient (Wildman–Crippen LogP) is 4.14. The number of rotatable bonds is 5. The second-order valence-electron chi connectivity index (χ2n) is 7.93. The highest BCUT2D eigenvalue weighted by Gasteiger charge is 2.44. The molecule has 2 aromatic carbocycles. The van der Waals surface area contributed by atoms with Crippen molar-refractivity contribution < 1.29 is 4.42 Å². The van der Waals surface area contributed by atoms with Gasteiger partial charge in [-0.1, -0.05) is 60.7 Å². The highest BCUT2D eigenvalue weighted by Crippen LogP contribution is 2.54. The number of benzene rings is 2. The lowest BCUT2D eigenvalue weighted by Crippen LogP contribution is -2.46. The molecule has 0 spiro atoms. The van der Waals surface area contributed by atoms with Crippen LogP contribution in [0.3, 0.4) is 0 Å². The zero-order valence-electron chi connectivity index (χ0n) is 16.4. The van der Waals surface area contributed by atoms with Gasteiger partial charge in [-0.05, 0) is 23.5 Å². The van der Waals surface area contributed by atoms with E-state index in [0.29, 0.717) is 17.5 Å². The van der Waals surface area contributed by atoms with Crippen LogP contribution in [-0.4, -0.2) is 36.1 Å². The summed E-state index contributed by atoms with van der Waals surface area (Å²) < 4.78 is 6.15. The van der Waals surface area contributed by atoms with E-state index in [1.807, 2.05) is 6.07 Å². The Morgan fingerprint density at radius 3 is 2.31 bits per heavy atom. The van der Waals surface area contributed by atoms with Crippen molar-refractivity contribution in [3.63, 3.8) is 0 Å². The summed E-state index contributed by atoms with van der Waals surface area (Å²) in [6.45, 7) is 4.56. The Labute approximate surface area is 171 Å². The number of anilines is 1. The summed E-state index contributed by atoms with van der Waals surface area (Å²) in [7, 11) is 0. The van der Waals surface area contributed by atoms with Gasteiger partial charge >= 0.3 is 0 Å². The van der Waals surface area contributed by atoms with Gasteiger partial charge in [0.15, 0.2) is 0 Å². The van der Waals surface area contributed by atoms with Gasteiger partial charge < -0.3 is 9.32 Å². The molecule has 2 atom stereocenters. The number of aromatic nitrogens is 1. The van der Waals surface area contributed by atoms with E-state index in [1.54, 1.807) is 0 Å². The first-order valence-corrected chi connectivity index (χ1v) is 10.3. The Bertz CT molecular complexity index is 1000. The molecular formula is C24H24N4O. The van der Waals surface area contributed by atoms with Gasteiger partial charge in [0, 0.05) is 38.6 Å². The number of piperazine rings is 1. The number of hydrogen-bond donors (Lipinski definition) is 0. The summed E-state index contributed by atoms with van der Waals surface area (Å²) in [5, 5.41) is 9.58. The van der Waals surface area contributed by atoms with Crippen LogP contribution >= 0.6 is 0 Å². The Kier molecular flexibility index (Phi) is 4.79. The Morgan fingerprint density at radius 2 is 1.62 bits per heavy atom. The fourth-order valence-electron chi connectivity index (χ4n) is 4.26. The molecule has 1 aromatic heterocycles. The van der Waals surface area contributed by atoms with Gasteiger partial charge in [0.1, 0.15) is 6.07 Å². The summed E-state index contributed by atoms with van der Waals surface area (Å²) in [5.41, 5.74) is 3.09. The van der Waals surface area contributed by atoms with E-state index in [1.165, 1.54) is 11.1 Å². The molecule has 5 rings (SSSR count). The average molecular weight is 384 g/mol. The fourth-order valence-corrected chi connectivity index (χ4v) is 4.26. The van der Waals surface area contributed by atoms with Crippen molar-refractivity contribution in [1.82, 2.24) is 9.88 Å². The molecule has 2 fully saturated rings. The maximum atomic E-state index is 9.58.